The van der Waals surface area contributed by atoms with E-state index in [9.17, 15) is 0 Å². The highest BCUT2D eigenvalue weighted by Gasteiger charge is 2.40. The molecule has 0 aliphatic carbocycles. The topological polar surface area (TPSA) is 12.5 Å². The Morgan fingerprint density at radius 2 is 2.00 bits per heavy atom. The van der Waals surface area contributed by atoms with Gasteiger partial charge in [-0.1, -0.05) is 44.2 Å². The molecule has 2 rings (SSSR count). The first-order chi connectivity index (χ1) is 8.48. The van der Waals surface area contributed by atoms with Gasteiger partial charge in [-0.3, -0.25) is 4.90 Å². The number of hydrogen-bond donors (Lipinski definition) is 0. The van der Waals surface area contributed by atoms with Gasteiger partial charge in [0.1, 0.15) is 5.75 Å². The summed E-state index contributed by atoms with van der Waals surface area (Å²) in [5.41, 5.74) is 2.66. The van der Waals surface area contributed by atoms with Gasteiger partial charge < -0.3 is 4.74 Å². The molecule has 2 nitrogen and oxygen atoms in total. The predicted octanol–water partition coefficient (Wildman–Crippen LogP) is 3.65. The maximum atomic E-state index is 5.52. The second-order valence-corrected chi connectivity index (χ2v) is 5.70. The second kappa shape index (κ2) is 4.77. The molecule has 1 saturated heterocycles. The van der Waals surface area contributed by atoms with E-state index in [1.54, 1.807) is 7.11 Å². The van der Waals surface area contributed by atoms with E-state index in [0.29, 0.717) is 6.04 Å². The van der Waals surface area contributed by atoms with Gasteiger partial charge in [-0.2, -0.15) is 0 Å². The van der Waals surface area contributed by atoms with Crippen LogP contribution in [0, 0.1) is 5.41 Å². The van der Waals surface area contributed by atoms with Crippen molar-refractivity contribution in [2.45, 2.75) is 26.3 Å². The van der Waals surface area contributed by atoms with Gasteiger partial charge in [-0.25, -0.2) is 0 Å². The number of rotatable bonds is 2. The number of para-hydroxylation sites is 1. The van der Waals surface area contributed by atoms with Crippen molar-refractivity contribution in [3.8, 4) is 5.75 Å². The standard InChI is InChI=1S/C16H23NO/c1-12-10-11-17(4)15(16(12,2)3)13-8-6-7-9-14(13)18-5/h6-9,15H,1,10-11H2,2-5H3. The van der Waals surface area contributed by atoms with E-state index in [1.165, 1.54) is 11.1 Å². The zero-order valence-electron chi connectivity index (χ0n) is 11.9. The van der Waals surface area contributed by atoms with Crippen LogP contribution in [0.3, 0.4) is 0 Å². The number of methoxy groups -OCH3 is 1. The van der Waals surface area contributed by atoms with Crippen LogP contribution in [0.2, 0.25) is 0 Å². The first-order valence-corrected chi connectivity index (χ1v) is 6.50. The van der Waals surface area contributed by atoms with Crippen molar-refractivity contribution in [3.63, 3.8) is 0 Å². The van der Waals surface area contributed by atoms with Gasteiger partial charge in [0, 0.05) is 23.6 Å². The Kier molecular flexibility index (Phi) is 3.49. The largest absolute Gasteiger partial charge is 0.496 e. The first-order valence-electron chi connectivity index (χ1n) is 6.50. The molecule has 0 aromatic heterocycles. The molecule has 1 aliphatic rings. The summed E-state index contributed by atoms with van der Waals surface area (Å²) in [6.45, 7) is 9.89. The third kappa shape index (κ3) is 2.05. The summed E-state index contributed by atoms with van der Waals surface area (Å²) in [7, 11) is 3.93. The van der Waals surface area contributed by atoms with Crippen LogP contribution in [0.1, 0.15) is 31.9 Å². The number of likely N-dealkylation sites (tertiary alicyclic amines) is 1. The molecule has 0 saturated carbocycles. The molecule has 1 unspecified atom stereocenters. The number of benzene rings is 1. The average molecular weight is 245 g/mol. The number of ether oxygens (including phenoxy) is 1. The van der Waals surface area contributed by atoms with Crippen molar-refractivity contribution >= 4 is 0 Å². The lowest BCUT2D eigenvalue weighted by atomic mass is 9.70. The molecule has 0 bridgehead atoms. The highest BCUT2D eigenvalue weighted by Crippen LogP contribution is 2.49. The van der Waals surface area contributed by atoms with Gasteiger partial charge in [0.05, 0.1) is 7.11 Å². The molecule has 98 valence electrons. The SMILES string of the molecule is C=C1CCN(C)C(c2ccccc2OC)C1(C)C. The molecule has 1 fully saturated rings. The summed E-state index contributed by atoms with van der Waals surface area (Å²) >= 11 is 0. The summed E-state index contributed by atoms with van der Waals surface area (Å²) in [5.74, 6) is 0.970. The quantitative estimate of drug-likeness (QED) is 0.737. The van der Waals surface area contributed by atoms with Crippen molar-refractivity contribution in [3.05, 3.63) is 42.0 Å². The van der Waals surface area contributed by atoms with Gasteiger partial charge in [0.2, 0.25) is 0 Å². The van der Waals surface area contributed by atoms with E-state index in [1.807, 2.05) is 12.1 Å². The van der Waals surface area contributed by atoms with Crippen LogP contribution in [-0.4, -0.2) is 25.6 Å². The zero-order valence-corrected chi connectivity index (χ0v) is 11.9. The van der Waals surface area contributed by atoms with Gasteiger partial charge in [-0.15, -0.1) is 0 Å². The molecule has 1 aromatic rings. The molecule has 1 aromatic carbocycles. The van der Waals surface area contributed by atoms with E-state index < -0.39 is 0 Å². The second-order valence-electron chi connectivity index (χ2n) is 5.70. The van der Waals surface area contributed by atoms with Crippen LogP contribution in [0.4, 0.5) is 0 Å². The molecule has 18 heavy (non-hydrogen) atoms. The Morgan fingerprint density at radius 1 is 1.33 bits per heavy atom. The Bertz CT molecular complexity index is 450. The summed E-state index contributed by atoms with van der Waals surface area (Å²) in [5, 5.41) is 0. The van der Waals surface area contributed by atoms with Crippen LogP contribution in [-0.2, 0) is 0 Å². The van der Waals surface area contributed by atoms with E-state index in [-0.39, 0.29) is 5.41 Å². The maximum absolute atomic E-state index is 5.52. The van der Waals surface area contributed by atoms with Crippen molar-refractivity contribution in [2.75, 3.05) is 20.7 Å². The lowest BCUT2D eigenvalue weighted by Crippen LogP contribution is -2.42. The van der Waals surface area contributed by atoms with Crippen molar-refractivity contribution < 1.29 is 4.74 Å². The molecular weight excluding hydrogens is 222 g/mol. The van der Waals surface area contributed by atoms with E-state index in [2.05, 4.69) is 44.5 Å². The Labute approximate surface area is 110 Å². The van der Waals surface area contributed by atoms with Crippen LogP contribution in [0.5, 0.6) is 5.75 Å². The lowest BCUT2D eigenvalue weighted by Gasteiger charge is -2.47. The Balaban J connectivity index is 2.49. The minimum atomic E-state index is 0.0711. The summed E-state index contributed by atoms with van der Waals surface area (Å²) in [4.78, 5) is 2.41. The fraction of sp³-hybridized carbons (Fsp3) is 0.500. The van der Waals surface area contributed by atoms with E-state index >= 15 is 0 Å². The smallest absolute Gasteiger partial charge is 0.123 e. The third-order valence-electron chi connectivity index (χ3n) is 4.24. The van der Waals surface area contributed by atoms with Crippen molar-refractivity contribution in [1.82, 2.24) is 4.90 Å². The first kappa shape index (κ1) is 13.2. The van der Waals surface area contributed by atoms with Crippen molar-refractivity contribution in [1.29, 1.82) is 0 Å². The minimum Gasteiger partial charge on any atom is -0.496 e. The van der Waals surface area contributed by atoms with Crippen LogP contribution in [0.25, 0.3) is 0 Å². The number of hydrogen-bond acceptors (Lipinski definition) is 2. The fourth-order valence-electron chi connectivity index (χ4n) is 3.03. The minimum absolute atomic E-state index is 0.0711. The van der Waals surface area contributed by atoms with Gasteiger partial charge in [0.25, 0.3) is 0 Å². The zero-order chi connectivity index (χ0) is 13.3. The predicted molar refractivity (Wildman–Crippen MR) is 75.9 cm³/mol. The normalized spacial score (nSPS) is 24.0. The lowest BCUT2D eigenvalue weighted by molar-refractivity contribution is 0.103. The van der Waals surface area contributed by atoms with Gasteiger partial charge in [-0.05, 0) is 19.5 Å². The summed E-state index contributed by atoms with van der Waals surface area (Å²) in [6.07, 6.45) is 1.08. The van der Waals surface area contributed by atoms with E-state index in [0.717, 1.165) is 18.7 Å². The van der Waals surface area contributed by atoms with Crippen LogP contribution >= 0.6 is 0 Å². The van der Waals surface area contributed by atoms with Crippen molar-refractivity contribution in [2.24, 2.45) is 5.41 Å². The molecule has 1 aliphatic heterocycles. The molecule has 0 N–H and O–H groups in total. The number of piperidine rings is 1. The Hall–Kier alpha value is -1.28. The van der Waals surface area contributed by atoms with Gasteiger partial charge in [0.15, 0.2) is 0 Å². The number of nitrogens with zero attached hydrogens (tertiary/aromatic N) is 1. The van der Waals surface area contributed by atoms with Crippen LogP contribution < -0.4 is 4.74 Å². The molecule has 0 radical (unpaired) electrons. The van der Waals surface area contributed by atoms with Gasteiger partial charge >= 0.3 is 0 Å². The average Bonchev–Trinajstić information content (AvgIpc) is 2.35. The fourth-order valence-corrected chi connectivity index (χ4v) is 3.03. The summed E-state index contributed by atoms with van der Waals surface area (Å²) in [6, 6.07) is 8.64. The van der Waals surface area contributed by atoms with E-state index in [4.69, 9.17) is 4.74 Å². The Morgan fingerprint density at radius 3 is 2.67 bits per heavy atom. The molecular formula is C16H23NO. The third-order valence-corrected chi connectivity index (χ3v) is 4.24. The maximum Gasteiger partial charge on any atom is 0.123 e. The van der Waals surface area contributed by atoms with Crippen LogP contribution in [0.15, 0.2) is 36.4 Å². The molecule has 1 atom stereocenters. The molecule has 0 spiro atoms. The highest BCUT2D eigenvalue weighted by atomic mass is 16.5. The summed E-state index contributed by atoms with van der Waals surface area (Å²) < 4.78 is 5.52. The molecule has 0 amide bonds. The molecule has 2 heteroatoms. The molecule has 1 heterocycles. The monoisotopic (exact) mass is 245 g/mol. The highest BCUT2D eigenvalue weighted by molar-refractivity contribution is 5.39.